The van der Waals surface area contributed by atoms with Gasteiger partial charge >= 0.3 is 0 Å². The highest BCUT2D eigenvalue weighted by Crippen LogP contribution is 2.15. The molecule has 1 aliphatic rings. The molecule has 0 amide bonds. The van der Waals surface area contributed by atoms with Crippen LogP contribution in [-0.2, 0) is 9.47 Å². The van der Waals surface area contributed by atoms with Crippen molar-refractivity contribution in [3.8, 4) is 0 Å². The van der Waals surface area contributed by atoms with Gasteiger partial charge in [-0.15, -0.1) is 0 Å². The lowest BCUT2D eigenvalue weighted by molar-refractivity contribution is -0.200. The van der Waals surface area contributed by atoms with Crippen LogP contribution < -0.4 is 11.5 Å². The second-order valence-corrected chi connectivity index (χ2v) is 3.35. The van der Waals surface area contributed by atoms with Gasteiger partial charge in [-0.25, -0.2) is 0 Å². The molecule has 0 unspecified atom stereocenters. The molecule has 0 aromatic rings. The van der Waals surface area contributed by atoms with Crippen LogP contribution in [0.5, 0.6) is 0 Å². The molecule has 4 heteroatoms. The van der Waals surface area contributed by atoms with E-state index in [0.29, 0.717) is 13.2 Å². The number of hydrogen-bond acceptors (Lipinski definition) is 4. The summed E-state index contributed by atoms with van der Waals surface area (Å²) in [5.41, 5.74) is 11.3. The molecule has 4 nitrogen and oxygen atoms in total. The molecule has 0 bridgehead atoms. The number of nitrogens with two attached hydrogens (primary N) is 2. The maximum Gasteiger partial charge on any atom is 0.162 e. The highest BCUT2D eigenvalue weighted by atomic mass is 16.7. The first-order valence-electron chi connectivity index (χ1n) is 3.80. The Labute approximate surface area is 66.8 Å². The van der Waals surface area contributed by atoms with Crippen molar-refractivity contribution in [2.75, 3.05) is 13.2 Å². The fraction of sp³-hybridized carbons (Fsp3) is 1.00. The zero-order valence-corrected chi connectivity index (χ0v) is 7.04. The maximum atomic E-state index is 5.67. The molecule has 0 aromatic heterocycles. The van der Waals surface area contributed by atoms with Gasteiger partial charge in [0.15, 0.2) is 5.79 Å². The molecule has 0 aromatic carbocycles. The first kappa shape index (κ1) is 8.93. The summed E-state index contributed by atoms with van der Waals surface area (Å²) < 4.78 is 10.7. The van der Waals surface area contributed by atoms with E-state index in [1.54, 1.807) is 0 Å². The minimum Gasteiger partial charge on any atom is -0.349 e. The van der Waals surface area contributed by atoms with Gasteiger partial charge in [0.2, 0.25) is 0 Å². The van der Waals surface area contributed by atoms with Crippen LogP contribution in [0.15, 0.2) is 0 Å². The van der Waals surface area contributed by atoms with Crippen molar-refractivity contribution >= 4 is 0 Å². The van der Waals surface area contributed by atoms with Crippen LogP contribution in [0.4, 0.5) is 0 Å². The summed E-state index contributed by atoms with van der Waals surface area (Å²) in [6.07, 6.45) is 0. The molecular formula is C7H16N2O2. The van der Waals surface area contributed by atoms with Crippen LogP contribution in [0.25, 0.3) is 0 Å². The van der Waals surface area contributed by atoms with Gasteiger partial charge in [-0.2, -0.15) is 0 Å². The molecule has 0 saturated carbocycles. The van der Waals surface area contributed by atoms with Crippen molar-refractivity contribution < 1.29 is 9.47 Å². The predicted octanol–water partition coefficient (Wildman–Crippen LogP) is -0.576. The van der Waals surface area contributed by atoms with E-state index in [2.05, 4.69) is 0 Å². The van der Waals surface area contributed by atoms with Gasteiger partial charge in [-0.05, 0) is 13.8 Å². The molecular weight excluding hydrogens is 144 g/mol. The first-order valence-corrected chi connectivity index (χ1v) is 3.80. The van der Waals surface area contributed by atoms with Crippen molar-refractivity contribution in [2.45, 2.75) is 31.7 Å². The molecule has 4 N–H and O–H groups in total. The summed E-state index contributed by atoms with van der Waals surface area (Å²) in [6, 6.07) is -0.228. The summed E-state index contributed by atoms with van der Waals surface area (Å²) in [5, 5.41) is 0. The van der Waals surface area contributed by atoms with Crippen LogP contribution in [0.3, 0.4) is 0 Å². The second kappa shape index (κ2) is 3.06. The van der Waals surface area contributed by atoms with E-state index in [4.69, 9.17) is 20.9 Å². The molecule has 1 rings (SSSR count). The average molecular weight is 160 g/mol. The minimum absolute atomic E-state index is 0.114. The predicted molar refractivity (Wildman–Crippen MR) is 41.9 cm³/mol. The number of ether oxygens (including phenoxy) is 2. The van der Waals surface area contributed by atoms with Gasteiger partial charge in [0.05, 0.1) is 13.2 Å². The first-order chi connectivity index (χ1) is 5.01. The van der Waals surface area contributed by atoms with Crippen molar-refractivity contribution in [3.05, 3.63) is 0 Å². The van der Waals surface area contributed by atoms with E-state index < -0.39 is 5.79 Å². The Kier molecular flexibility index (Phi) is 2.49. The molecule has 2 atom stereocenters. The van der Waals surface area contributed by atoms with Gasteiger partial charge in [-0.1, -0.05) is 0 Å². The Balaban J connectivity index is 2.51. The highest BCUT2D eigenvalue weighted by Gasteiger charge is 2.28. The molecule has 66 valence electrons. The van der Waals surface area contributed by atoms with Crippen LogP contribution >= 0.6 is 0 Å². The zero-order chi connectivity index (χ0) is 8.48. The Hall–Kier alpha value is -0.160. The van der Waals surface area contributed by atoms with Gasteiger partial charge in [-0.3, -0.25) is 0 Å². The lowest BCUT2D eigenvalue weighted by Gasteiger charge is -2.22. The summed E-state index contributed by atoms with van der Waals surface area (Å²) >= 11 is 0. The van der Waals surface area contributed by atoms with Gasteiger partial charge in [0.25, 0.3) is 0 Å². The fourth-order valence-electron chi connectivity index (χ4n) is 0.883. The van der Waals surface area contributed by atoms with Crippen LogP contribution in [0.2, 0.25) is 0 Å². The summed E-state index contributed by atoms with van der Waals surface area (Å²) in [7, 11) is 0. The molecule has 1 aliphatic heterocycles. The van der Waals surface area contributed by atoms with Gasteiger partial charge < -0.3 is 20.9 Å². The Morgan fingerprint density at radius 3 is 1.82 bits per heavy atom. The number of hydrogen-bond donors (Lipinski definition) is 2. The van der Waals surface area contributed by atoms with E-state index in [0.717, 1.165) is 0 Å². The third-order valence-corrected chi connectivity index (χ3v) is 1.80. The van der Waals surface area contributed by atoms with Crippen LogP contribution in [0.1, 0.15) is 13.8 Å². The number of rotatable bonds is 0. The molecule has 0 spiro atoms. The molecule has 1 heterocycles. The van der Waals surface area contributed by atoms with Crippen LogP contribution in [-0.4, -0.2) is 31.1 Å². The third-order valence-electron chi connectivity index (χ3n) is 1.80. The lowest BCUT2D eigenvalue weighted by atomic mass is 10.2. The lowest BCUT2D eigenvalue weighted by Crippen LogP contribution is -2.45. The van der Waals surface area contributed by atoms with Crippen molar-refractivity contribution in [1.82, 2.24) is 0 Å². The third kappa shape index (κ3) is 2.41. The molecule has 0 aliphatic carbocycles. The van der Waals surface area contributed by atoms with Gasteiger partial charge in [0.1, 0.15) is 0 Å². The topological polar surface area (TPSA) is 70.5 Å². The highest BCUT2D eigenvalue weighted by molar-refractivity contribution is 4.79. The molecule has 11 heavy (non-hydrogen) atoms. The van der Waals surface area contributed by atoms with E-state index in [1.165, 1.54) is 0 Å². The minimum atomic E-state index is -0.536. The normalized spacial score (nSPS) is 38.2. The van der Waals surface area contributed by atoms with Crippen LogP contribution in [0, 0.1) is 0 Å². The monoisotopic (exact) mass is 160 g/mol. The summed E-state index contributed by atoms with van der Waals surface area (Å²) in [5.74, 6) is -0.536. The smallest absolute Gasteiger partial charge is 0.162 e. The van der Waals surface area contributed by atoms with E-state index in [9.17, 15) is 0 Å². The quantitative estimate of drug-likeness (QED) is 0.497. The van der Waals surface area contributed by atoms with E-state index in [1.807, 2.05) is 13.8 Å². The SMILES string of the molecule is CC1(C)OC[C@@H](N)[C@@H](N)CO1. The summed E-state index contributed by atoms with van der Waals surface area (Å²) in [6.45, 7) is 4.65. The fourth-order valence-corrected chi connectivity index (χ4v) is 0.883. The standard InChI is InChI=1S/C7H16N2O2/c1-7(2)10-3-5(8)6(9)4-11-7/h5-6H,3-4,8-9H2,1-2H3/t5-,6+. The second-order valence-electron chi connectivity index (χ2n) is 3.35. The van der Waals surface area contributed by atoms with E-state index >= 15 is 0 Å². The maximum absolute atomic E-state index is 5.67. The Bertz CT molecular complexity index is 124. The molecule has 0 radical (unpaired) electrons. The van der Waals surface area contributed by atoms with Crippen molar-refractivity contribution in [2.24, 2.45) is 11.5 Å². The average Bonchev–Trinajstić information content (AvgIpc) is 2.03. The Morgan fingerprint density at radius 2 is 1.45 bits per heavy atom. The Morgan fingerprint density at radius 1 is 1.09 bits per heavy atom. The van der Waals surface area contributed by atoms with Crippen molar-refractivity contribution in [3.63, 3.8) is 0 Å². The molecule has 1 fully saturated rings. The van der Waals surface area contributed by atoms with Gasteiger partial charge in [0, 0.05) is 12.1 Å². The van der Waals surface area contributed by atoms with E-state index in [-0.39, 0.29) is 12.1 Å². The zero-order valence-electron chi connectivity index (χ0n) is 7.04. The summed E-state index contributed by atoms with van der Waals surface area (Å²) in [4.78, 5) is 0. The molecule has 1 saturated heterocycles. The largest absolute Gasteiger partial charge is 0.349 e. The van der Waals surface area contributed by atoms with Crippen molar-refractivity contribution in [1.29, 1.82) is 0 Å².